The summed E-state index contributed by atoms with van der Waals surface area (Å²) in [6.45, 7) is 2.34. The van der Waals surface area contributed by atoms with E-state index in [0.717, 1.165) is 5.92 Å². The average Bonchev–Trinajstić information content (AvgIpc) is 2.38. The standard InChI is InChI=1S/C13H19NS2/c1-15-12-5-3-4-11(13(12)16-2)10-6-8-14-9-7-10/h3-5,10,14H,6-9H2,1-2H3. The molecule has 0 bridgehead atoms. The second kappa shape index (κ2) is 5.99. The highest BCUT2D eigenvalue weighted by atomic mass is 32.2. The summed E-state index contributed by atoms with van der Waals surface area (Å²) in [6, 6.07) is 6.77. The van der Waals surface area contributed by atoms with Crippen LogP contribution in [0.2, 0.25) is 0 Å². The fraction of sp³-hybridized carbons (Fsp3) is 0.538. The summed E-state index contributed by atoms with van der Waals surface area (Å²) in [5, 5.41) is 3.44. The minimum absolute atomic E-state index is 0.760. The highest BCUT2D eigenvalue weighted by Crippen LogP contribution is 2.37. The number of hydrogen-bond donors (Lipinski definition) is 1. The van der Waals surface area contributed by atoms with Crippen molar-refractivity contribution in [1.82, 2.24) is 5.32 Å². The Morgan fingerprint density at radius 3 is 2.50 bits per heavy atom. The summed E-state index contributed by atoms with van der Waals surface area (Å²) in [7, 11) is 0. The number of benzene rings is 1. The molecule has 0 atom stereocenters. The molecule has 0 aliphatic carbocycles. The van der Waals surface area contributed by atoms with Gasteiger partial charge >= 0.3 is 0 Å². The van der Waals surface area contributed by atoms with Gasteiger partial charge in [-0.1, -0.05) is 12.1 Å². The van der Waals surface area contributed by atoms with E-state index in [2.05, 4.69) is 36.0 Å². The average molecular weight is 253 g/mol. The van der Waals surface area contributed by atoms with Crippen LogP contribution in [0.1, 0.15) is 24.3 Å². The Morgan fingerprint density at radius 2 is 1.88 bits per heavy atom. The van der Waals surface area contributed by atoms with Gasteiger partial charge in [-0.05, 0) is 56.0 Å². The molecule has 1 nitrogen and oxygen atoms in total. The molecule has 1 aromatic carbocycles. The van der Waals surface area contributed by atoms with E-state index in [9.17, 15) is 0 Å². The van der Waals surface area contributed by atoms with Crippen LogP contribution in [0.15, 0.2) is 28.0 Å². The lowest BCUT2D eigenvalue weighted by Gasteiger charge is -2.25. The Morgan fingerprint density at radius 1 is 1.12 bits per heavy atom. The van der Waals surface area contributed by atoms with Crippen molar-refractivity contribution in [2.75, 3.05) is 25.6 Å². The van der Waals surface area contributed by atoms with E-state index in [1.807, 2.05) is 23.5 Å². The molecule has 1 saturated heterocycles. The van der Waals surface area contributed by atoms with Gasteiger partial charge in [0.05, 0.1) is 0 Å². The van der Waals surface area contributed by atoms with Crippen molar-refractivity contribution < 1.29 is 0 Å². The lowest BCUT2D eigenvalue weighted by atomic mass is 9.90. The van der Waals surface area contributed by atoms with Gasteiger partial charge in [0, 0.05) is 9.79 Å². The molecule has 1 aliphatic heterocycles. The second-order valence-corrected chi connectivity index (χ2v) is 5.77. The van der Waals surface area contributed by atoms with Gasteiger partial charge in [-0.25, -0.2) is 0 Å². The first-order valence-electron chi connectivity index (χ1n) is 5.78. The molecule has 3 heteroatoms. The van der Waals surface area contributed by atoms with E-state index < -0.39 is 0 Å². The monoisotopic (exact) mass is 253 g/mol. The van der Waals surface area contributed by atoms with Gasteiger partial charge in [-0.3, -0.25) is 0 Å². The molecule has 1 aliphatic rings. The van der Waals surface area contributed by atoms with Crippen LogP contribution in [0.5, 0.6) is 0 Å². The molecule has 1 heterocycles. The molecule has 0 unspecified atom stereocenters. The first-order valence-corrected chi connectivity index (χ1v) is 8.23. The Hall–Kier alpha value is -0.120. The molecule has 0 aromatic heterocycles. The van der Waals surface area contributed by atoms with Crippen molar-refractivity contribution in [2.24, 2.45) is 0 Å². The minimum Gasteiger partial charge on any atom is -0.317 e. The van der Waals surface area contributed by atoms with Crippen molar-refractivity contribution in [1.29, 1.82) is 0 Å². The van der Waals surface area contributed by atoms with Crippen molar-refractivity contribution in [3.05, 3.63) is 23.8 Å². The molecule has 1 N–H and O–H groups in total. The summed E-state index contributed by atoms with van der Waals surface area (Å²) in [5.41, 5.74) is 1.57. The summed E-state index contributed by atoms with van der Waals surface area (Å²) in [4.78, 5) is 2.94. The van der Waals surface area contributed by atoms with Gasteiger partial charge in [-0.15, -0.1) is 23.5 Å². The van der Waals surface area contributed by atoms with Crippen LogP contribution in [0.4, 0.5) is 0 Å². The van der Waals surface area contributed by atoms with Crippen LogP contribution in [0.25, 0.3) is 0 Å². The Bertz CT molecular complexity index is 346. The number of rotatable bonds is 3. The van der Waals surface area contributed by atoms with Crippen LogP contribution in [-0.4, -0.2) is 25.6 Å². The van der Waals surface area contributed by atoms with E-state index >= 15 is 0 Å². The van der Waals surface area contributed by atoms with Gasteiger partial charge in [0.15, 0.2) is 0 Å². The summed E-state index contributed by atoms with van der Waals surface area (Å²) >= 11 is 3.76. The maximum Gasteiger partial charge on any atom is 0.0240 e. The maximum absolute atomic E-state index is 3.44. The lowest BCUT2D eigenvalue weighted by molar-refractivity contribution is 0.455. The third-order valence-electron chi connectivity index (χ3n) is 3.21. The highest BCUT2D eigenvalue weighted by Gasteiger charge is 2.19. The molecular formula is C13H19NS2. The molecule has 0 saturated carbocycles. The smallest absolute Gasteiger partial charge is 0.0240 e. The molecular weight excluding hydrogens is 234 g/mol. The summed E-state index contributed by atoms with van der Waals surface area (Å²) in [6.07, 6.45) is 6.93. The van der Waals surface area contributed by atoms with Crippen molar-refractivity contribution >= 4 is 23.5 Å². The maximum atomic E-state index is 3.44. The molecule has 0 radical (unpaired) electrons. The Balaban J connectivity index is 2.30. The largest absolute Gasteiger partial charge is 0.317 e. The van der Waals surface area contributed by atoms with E-state index in [0.29, 0.717) is 0 Å². The Labute approximate surface area is 107 Å². The van der Waals surface area contributed by atoms with E-state index in [1.165, 1.54) is 35.7 Å². The SMILES string of the molecule is CSc1cccc(C2CCNCC2)c1SC. The molecule has 88 valence electrons. The minimum atomic E-state index is 0.760. The topological polar surface area (TPSA) is 12.0 Å². The molecule has 1 aromatic rings. The van der Waals surface area contributed by atoms with Crippen molar-refractivity contribution in [3.8, 4) is 0 Å². The molecule has 0 amide bonds. The zero-order valence-corrected chi connectivity index (χ0v) is 11.6. The van der Waals surface area contributed by atoms with E-state index in [1.54, 1.807) is 5.56 Å². The van der Waals surface area contributed by atoms with Crippen molar-refractivity contribution in [3.63, 3.8) is 0 Å². The van der Waals surface area contributed by atoms with Gasteiger partial charge < -0.3 is 5.32 Å². The van der Waals surface area contributed by atoms with E-state index in [4.69, 9.17) is 0 Å². The highest BCUT2D eigenvalue weighted by molar-refractivity contribution is 8.01. The molecule has 1 fully saturated rings. The van der Waals surface area contributed by atoms with Gasteiger partial charge in [-0.2, -0.15) is 0 Å². The van der Waals surface area contributed by atoms with E-state index in [-0.39, 0.29) is 0 Å². The third kappa shape index (κ3) is 2.58. The predicted octanol–water partition coefficient (Wildman–Crippen LogP) is 3.60. The summed E-state index contributed by atoms with van der Waals surface area (Å²) < 4.78 is 0. The zero-order chi connectivity index (χ0) is 11.4. The fourth-order valence-electron chi connectivity index (χ4n) is 2.37. The number of piperidine rings is 1. The molecule has 2 rings (SSSR count). The first-order chi connectivity index (χ1) is 7.86. The van der Waals surface area contributed by atoms with Crippen LogP contribution in [0, 0.1) is 0 Å². The predicted molar refractivity (Wildman–Crippen MR) is 74.8 cm³/mol. The van der Waals surface area contributed by atoms with Gasteiger partial charge in [0.1, 0.15) is 0 Å². The third-order valence-corrected chi connectivity index (χ3v) is 4.99. The lowest BCUT2D eigenvalue weighted by Crippen LogP contribution is -2.26. The van der Waals surface area contributed by atoms with Crippen molar-refractivity contribution in [2.45, 2.75) is 28.6 Å². The van der Waals surface area contributed by atoms with Crippen LogP contribution in [0.3, 0.4) is 0 Å². The number of nitrogens with one attached hydrogen (secondary N) is 1. The zero-order valence-electron chi connectivity index (χ0n) is 9.95. The fourth-order valence-corrected chi connectivity index (χ4v) is 4.12. The second-order valence-electron chi connectivity index (χ2n) is 4.11. The number of hydrogen-bond acceptors (Lipinski definition) is 3. The van der Waals surface area contributed by atoms with Crippen LogP contribution < -0.4 is 5.32 Å². The first kappa shape index (κ1) is 12.3. The van der Waals surface area contributed by atoms with Gasteiger partial charge in [0.2, 0.25) is 0 Å². The summed E-state index contributed by atoms with van der Waals surface area (Å²) in [5.74, 6) is 0.760. The van der Waals surface area contributed by atoms with Crippen LogP contribution >= 0.6 is 23.5 Å². The quantitative estimate of drug-likeness (QED) is 0.827. The normalized spacial score (nSPS) is 17.6. The molecule has 16 heavy (non-hydrogen) atoms. The molecule has 0 spiro atoms. The Kier molecular flexibility index (Phi) is 4.62. The number of thioether (sulfide) groups is 2. The van der Waals surface area contributed by atoms with Gasteiger partial charge in [0.25, 0.3) is 0 Å². The van der Waals surface area contributed by atoms with Crippen LogP contribution in [-0.2, 0) is 0 Å².